The Balaban J connectivity index is 2.44. The zero-order valence-corrected chi connectivity index (χ0v) is 9.41. The molecule has 0 heterocycles. The highest BCUT2D eigenvalue weighted by molar-refractivity contribution is 5.70. The van der Waals surface area contributed by atoms with E-state index in [2.05, 4.69) is 18.6 Å². The lowest BCUT2D eigenvalue weighted by atomic mass is 10.1. The summed E-state index contributed by atoms with van der Waals surface area (Å²) in [5.41, 5.74) is 0.186. The molecule has 1 fully saturated rings. The van der Waals surface area contributed by atoms with Crippen LogP contribution in [0.4, 0.5) is 0 Å². The molecular formula is C11H20O3. The van der Waals surface area contributed by atoms with E-state index in [1.165, 1.54) is 7.11 Å². The Kier molecular flexibility index (Phi) is 3.20. The normalized spacial score (nSPS) is 30.9. The molecule has 0 aromatic heterocycles. The van der Waals surface area contributed by atoms with E-state index in [1.54, 1.807) is 6.92 Å². The number of aliphatic hydroxyl groups excluding tert-OH is 1. The first kappa shape index (κ1) is 11.5. The molecule has 1 aliphatic rings. The van der Waals surface area contributed by atoms with Gasteiger partial charge in [0.15, 0.2) is 0 Å². The van der Waals surface area contributed by atoms with Gasteiger partial charge in [-0.15, -0.1) is 0 Å². The Bertz CT molecular complexity index is 221. The maximum absolute atomic E-state index is 11.1. The monoisotopic (exact) mass is 200 g/mol. The Labute approximate surface area is 85.5 Å². The SMILES string of the molecule is COC(=O)C[C@@H]1[C@H](C[C@@H](C)O)C1(C)C. The van der Waals surface area contributed by atoms with Gasteiger partial charge in [-0.2, -0.15) is 0 Å². The van der Waals surface area contributed by atoms with E-state index in [9.17, 15) is 9.90 Å². The molecular weight excluding hydrogens is 180 g/mol. The lowest BCUT2D eigenvalue weighted by Gasteiger charge is -2.04. The van der Waals surface area contributed by atoms with E-state index in [1.807, 2.05) is 0 Å². The van der Waals surface area contributed by atoms with Crippen molar-refractivity contribution in [1.82, 2.24) is 0 Å². The van der Waals surface area contributed by atoms with Crippen molar-refractivity contribution in [2.45, 2.75) is 39.7 Å². The molecule has 0 unspecified atom stereocenters. The molecule has 1 N–H and O–H groups in total. The van der Waals surface area contributed by atoms with Crippen LogP contribution in [0.1, 0.15) is 33.6 Å². The van der Waals surface area contributed by atoms with E-state index in [0.717, 1.165) is 6.42 Å². The summed E-state index contributed by atoms with van der Waals surface area (Å²) in [6, 6.07) is 0. The van der Waals surface area contributed by atoms with Gasteiger partial charge in [-0.3, -0.25) is 4.79 Å². The lowest BCUT2D eigenvalue weighted by molar-refractivity contribution is -0.141. The van der Waals surface area contributed by atoms with E-state index in [4.69, 9.17) is 0 Å². The second kappa shape index (κ2) is 3.89. The number of methoxy groups -OCH3 is 1. The maximum Gasteiger partial charge on any atom is 0.305 e. The van der Waals surface area contributed by atoms with Crippen molar-refractivity contribution in [2.24, 2.45) is 17.3 Å². The summed E-state index contributed by atoms with van der Waals surface area (Å²) >= 11 is 0. The van der Waals surface area contributed by atoms with Gasteiger partial charge in [-0.05, 0) is 30.6 Å². The van der Waals surface area contributed by atoms with Crippen LogP contribution in [0, 0.1) is 17.3 Å². The molecule has 1 aliphatic carbocycles. The number of hydrogen-bond donors (Lipinski definition) is 1. The quantitative estimate of drug-likeness (QED) is 0.701. The largest absolute Gasteiger partial charge is 0.469 e. The molecule has 14 heavy (non-hydrogen) atoms. The van der Waals surface area contributed by atoms with Gasteiger partial charge >= 0.3 is 5.97 Å². The molecule has 0 radical (unpaired) electrons. The van der Waals surface area contributed by atoms with Crippen molar-refractivity contribution in [1.29, 1.82) is 0 Å². The predicted molar refractivity (Wildman–Crippen MR) is 53.7 cm³/mol. The summed E-state index contributed by atoms with van der Waals surface area (Å²) in [6.45, 7) is 6.09. The first-order valence-electron chi connectivity index (χ1n) is 5.14. The lowest BCUT2D eigenvalue weighted by Crippen LogP contribution is -2.04. The summed E-state index contributed by atoms with van der Waals surface area (Å²) in [5.74, 6) is 0.697. The second-order valence-electron chi connectivity index (χ2n) is 4.90. The van der Waals surface area contributed by atoms with Gasteiger partial charge in [0, 0.05) is 6.42 Å². The van der Waals surface area contributed by atoms with Crippen molar-refractivity contribution >= 4 is 5.97 Å². The summed E-state index contributed by atoms with van der Waals surface area (Å²) in [6.07, 6.45) is 0.997. The number of aliphatic hydroxyl groups is 1. The van der Waals surface area contributed by atoms with Crippen molar-refractivity contribution in [3.05, 3.63) is 0 Å². The smallest absolute Gasteiger partial charge is 0.305 e. The van der Waals surface area contributed by atoms with Crippen LogP contribution >= 0.6 is 0 Å². The van der Waals surface area contributed by atoms with Crippen molar-refractivity contribution in [2.75, 3.05) is 7.11 Å². The van der Waals surface area contributed by atoms with E-state index >= 15 is 0 Å². The minimum Gasteiger partial charge on any atom is -0.469 e. The summed E-state index contributed by atoms with van der Waals surface area (Å²) in [5, 5.41) is 9.29. The van der Waals surface area contributed by atoms with Crippen LogP contribution in [0.3, 0.4) is 0 Å². The van der Waals surface area contributed by atoms with Gasteiger partial charge in [0.1, 0.15) is 0 Å². The number of esters is 1. The Morgan fingerprint density at radius 3 is 2.50 bits per heavy atom. The summed E-state index contributed by atoms with van der Waals surface area (Å²) < 4.78 is 4.65. The van der Waals surface area contributed by atoms with Gasteiger partial charge in [0.2, 0.25) is 0 Å². The molecule has 1 rings (SSSR count). The van der Waals surface area contributed by atoms with Gasteiger partial charge in [0.25, 0.3) is 0 Å². The first-order chi connectivity index (χ1) is 6.39. The molecule has 0 saturated heterocycles. The zero-order chi connectivity index (χ0) is 10.9. The molecule has 0 aromatic carbocycles. The highest BCUT2D eigenvalue weighted by Gasteiger charge is 2.57. The van der Waals surface area contributed by atoms with Crippen LogP contribution in [0.25, 0.3) is 0 Å². The van der Waals surface area contributed by atoms with Crippen molar-refractivity contribution in [3.63, 3.8) is 0 Å². The van der Waals surface area contributed by atoms with Crippen LogP contribution in [0.5, 0.6) is 0 Å². The molecule has 3 atom stereocenters. The second-order valence-corrected chi connectivity index (χ2v) is 4.90. The fourth-order valence-electron chi connectivity index (χ4n) is 2.36. The highest BCUT2D eigenvalue weighted by atomic mass is 16.5. The van der Waals surface area contributed by atoms with Gasteiger partial charge in [-0.25, -0.2) is 0 Å². The predicted octanol–water partition coefficient (Wildman–Crippen LogP) is 1.59. The topological polar surface area (TPSA) is 46.5 Å². The average Bonchev–Trinajstić information content (AvgIpc) is 2.55. The molecule has 0 bridgehead atoms. The number of ether oxygens (including phenoxy) is 1. The van der Waals surface area contributed by atoms with E-state index in [-0.39, 0.29) is 17.5 Å². The molecule has 0 aromatic rings. The molecule has 0 amide bonds. The molecule has 3 nitrogen and oxygen atoms in total. The third-order valence-electron chi connectivity index (χ3n) is 3.50. The number of carbonyl (C=O) groups excluding carboxylic acids is 1. The van der Waals surface area contributed by atoms with Crippen LogP contribution in [0.2, 0.25) is 0 Å². The minimum atomic E-state index is -0.276. The van der Waals surface area contributed by atoms with Gasteiger partial charge < -0.3 is 9.84 Å². The summed E-state index contributed by atoms with van der Waals surface area (Å²) in [7, 11) is 1.42. The van der Waals surface area contributed by atoms with Crippen LogP contribution in [0.15, 0.2) is 0 Å². The summed E-state index contributed by atoms with van der Waals surface area (Å²) in [4.78, 5) is 11.1. The fourth-order valence-corrected chi connectivity index (χ4v) is 2.36. The maximum atomic E-state index is 11.1. The Hall–Kier alpha value is -0.570. The standard InChI is InChI=1S/C11H20O3/c1-7(12)5-8-9(11(8,2)3)6-10(13)14-4/h7-9,12H,5-6H2,1-4H3/t7-,8+,9-/m1/s1. The van der Waals surface area contributed by atoms with Crippen LogP contribution in [-0.4, -0.2) is 24.3 Å². The van der Waals surface area contributed by atoms with Crippen LogP contribution in [-0.2, 0) is 9.53 Å². The van der Waals surface area contributed by atoms with Gasteiger partial charge in [-0.1, -0.05) is 13.8 Å². The van der Waals surface area contributed by atoms with E-state index in [0.29, 0.717) is 18.3 Å². The number of carbonyl (C=O) groups is 1. The van der Waals surface area contributed by atoms with Gasteiger partial charge in [0.05, 0.1) is 13.2 Å². The van der Waals surface area contributed by atoms with E-state index < -0.39 is 0 Å². The molecule has 3 heteroatoms. The first-order valence-corrected chi connectivity index (χ1v) is 5.14. The fraction of sp³-hybridized carbons (Fsp3) is 0.909. The van der Waals surface area contributed by atoms with Crippen molar-refractivity contribution in [3.8, 4) is 0 Å². The third-order valence-corrected chi connectivity index (χ3v) is 3.50. The Morgan fingerprint density at radius 1 is 1.50 bits per heavy atom. The average molecular weight is 200 g/mol. The molecule has 0 spiro atoms. The molecule has 1 saturated carbocycles. The number of hydrogen-bond acceptors (Lipinski definition) is 3. The molecule has 82 valence electrons. The van der Waals surface area contributed by atoms with Crippen molar-refractivity contribution < 1.29 is 14.6 Å². The minimum absolute atomic E-state index is 0.142. The van der Waals surface area contributed by atoms with Crippen LogP contribution < -0.4 is 0 Å². The third kappa shape index (κ3) is 2.27. The number of rotatable bonds is 4. The zero-order valence-electron chi connectivity index (χ0n) is 9.41. The highest BCUT2D eigenvalue weighted by Crippen LogP contribution is 2.61. The molecule has 0 aliphatic heterocycles. The Morgan fingerprint density at radius 2 is 2.07 bits per heavy atom.